The average Bonchev–Trinajstić information content (AvgIpc) is 3.13. The van der Waals surface area contributed by atoms with Crippen molar-refractivity contribution in [3.05, 3.63) is 59.8 Å². The van der Waals surface area contributed by atoms with E-state index in [9.17, 15) is 4.79 Å². The highest BCUT2D eigenvalue weighted by molar-refractivity contribution is 5.87. The van der Waals surface area contributed by atoms with Crippen molar-refractivity contribution >= 4 is 16.8 Å². The van der Waals surface area contributed by atoms with Crippen molar-refractivity contribution in [2.45, 2.75) is 26.2 Å². The van der Waals surface area contributed by atoms with E-state index in [0.29, 0.717) is 18.9 Å². The molecule has 2 aromatic carbocycles. The van der Waals surface area contributed by atoms with Crippen LogP contribution in [0.5, 0.6) is 11.5 Å². The number of hydrogen-bond donors (Lipinski definition) is 2. The third-order valence-corrected chi connectivity index (χ3v) is 4.91. The maximum Gasteiger partial charge on any atom is 0.220 e. The van der Waals surface area contributed by atoms with Crippen LogP contribution in [-0.4, -0.2) is 31.7 Å². The van der Waals surface area contributed by atoms with Crippen LogP contribution in [-0.2, 0) is 4.79 Å². The second kappa shape index (κ2) is 8.83. The van der Waals surface area contributed by atoms with Crippen LogP contribution in [0.2, 0.25) is 0 Å². The summed E-state index contributed by atoms with van der Waals surface area (Å²) in [6, 6.07) is 13.8. The first kappa shape index (κ1) is 19.8. The second-order valence-corrected chi connectivity index (χ2v) is 7.35. The summed E-state index contributed by atoms with van der Waals surface area (Å²) in [5, 5.41) is 4.09. The highest BCUT2D eigenvalue weighted by Crippen LogP contribution is 2.38. The average molecular weight is 380 g/mol. The highest BCUT2D eigenvalue weighted by Gasteiger charge is 2.24. The molecule has 148 valence electrons. The Kier molecular flexibility index (Phi) is 6.24. The van der Waals surface area contributed by atoms with Gasteiger partial charge in [0, 0.05) is 41.5 Å². The number of amides is 1. The van der Waals surface area contributed by atoms with Crippen LogP contribution in [0.25, 0.3) is 10.9 Å². The molecule has 0 radical (unpaired) electrons. The molecule has 0 aliphatic rings. The third-order valence-electron chi connectivity index (χ3n) is 4.91. The van der Waals surface area contributed by atoms with Crippen LogP contribution in [0.1, 0.15) is 37.3 Å². The zero-order valence-corrected chi connectivity index (χ0v) is 16.9. The van der Waals surface area contributed by atoms with Crippen LogP contribution in [0.3, 0.4) is 0 Å². The van der Waals surface area contributed by atoms with Gasteiger partial charge in [-0.3, -0.25) is 4.79 Å². The van der Waals surface area contributed by atoms with Crippen molar-refractivity contribution in [1.82, 2.24) is 10.3 Å². The number of carbonyl (C=O) groups is 1. The lowest BCUT2D eigenvalue weighted by molar-refractivity contribution is -0.121. The minimum atomic E-state index is -0.135. The van der Waals surface area contributed by atoms with Crippen LogP contribution in [0.15, 0.2) is 48.7 Å². The van der Waals surface area contributed by atoms with Crippen LogP contribution < -0.4 is 14.8 Å². The summed E-state index contributed by atoms with van der Waals surface area (Å²) in [6.07, 6.45) is 2.33. The number of para-hydroxylation sites is 1. The minimum absolute atomic E-state index is 0.0295. The number of H-pyrrole nitrogens is 1. The maximum absolute atomic E-state index is 12.7. The van der Waals surface area contributed by atoms with Gasteiger partial charge in [-0.1, -0.05) is 32.0 Å². The van der Waals surface area contributed by atoms with Crippen LogP contribution in [0.4, 0.5) is 0 Å². The maximum atomic E-state index is 12.7. The number of nitrogens with one attached hydrogen (secondary N) is 2. The largest absolute Gasteiger partial charge is 0.497 e. The predicted molar refractivity (Wildman–Crippen MR) is 112 cm³/mol. The first-order valence-electron chi connectivity index (χ1n) is 9.58. The standard InChI is InChI=1S/C23H28N2O3/c1-15(2)13-25-23(26)12-18(17-7-5-6-8-22(17)28-4)20-14-24-21-10-9-16(27-3)11-19(20)21/h5-11,14-15,18,24H,12-13H2,1-4H3,(H,25,26)/t18-/m1/s1. The Labute approximate surface area is 166 Å². The van der Waals surface area contributed by atoms with Crippen molar-refractivity contribution in [3.8, 4) is 11.5 Å². The molecule has 1 heterocycles. The summed E-state index contributed by atoms with van der Waals surface area (Å²) in [5.41, 5.74) is 3.06. The van der Waals surface area contributed by atoms with E-state index in [0.717, 1.165) is 33.5 Å². The van der Waals surface area contributed by atoms with Gasteiger partial charge < -0.3 is 19.8 Å². The topological polar surface area (TPSA) is 63.4 Å². The van der Waals surface area contributed by atoms with Crippen molar-refractivity contribution in [3.63, 3.8) is 0 Å². The monoisotopic (exact) mass is 380 g/mol. The summed E-state index contributed by atoms with van der Waals surface area (Å²) in [5.74, 6) is 1.87. The van der Waals surface area contributed by atoms with Gasteiger partial charge >= 0.3 is 0 Å². The molecular weight excluding hydrogens is 352 g/mol. The Morgan fingerprint density at radius 2 is 1.86 bits per heavy atom. The summed E-state index contributed by atoms with van der Waals surface area (Å²) in [6.45, 7) is 4.84. The van der Waals surface area contributed by atoms with E-state index in [1.807, 2.05) is 48.7 Å². The second-order valence-electron chi connectivity index (χ2n) is 7.35. The molecule has 1 atom stereocenters. The third kappa shape index (κ3) is 4.30. The Balaban J connectivity index is 2.05. The summed E-state index contributed by atoms with van der Waals surface area (Å²) in [4.78, 5) is 16.0. The van der Waals surface area contributed by atoms with E-state index in [4.69, 9.17) is 9.47 Å². The molecule has 1 aromatic heterocycles. The summed E-state index contributed by atoms with van der Waals surface area (Å²) >= 11 is 0. The normalized spacial score (nSPS) is 12.2. The van der Waals surface area contributed by atoms with Gasteiger partial charge in [-0.25, -0.2) is 0 Å². The zero-order valence-electron chi connectivity index (χ0n) is 16.9. The molecule has 0 fully saturated rings. The number of fused-ring (bicyclic) bond motifs is 1. The number of aromatic amines is 1. The molecule has 0 spiro atoms. The quantitative estimate of drug-likeness (QED) is 0.606. The smallest absolute Gasteiger partial charge is 0.220 e. The molecule has 0 unspecified atom stereocenters. The molecule has 5 heteroatoms. The molecule has 3 aromatic rings. The van der Waals surface area contributed by atoms with Crippen LogP contribution >= 0.6 is 0 Å². The lowest BCUT2D eigenvalue weighted by Gasteiger charge is -2.20. The molecule has 1 amide bonds. The molecule has 0 saturated heterocycles. The van der Waals surface area contributed by atoms with Crippen molar-refractivity contribution in [2.75, 3.05) is 20.8 Å². The van der Waals surface area contributed by atoms with Gasteiger partial charge in [-0.15, -0.1) is 0 Å². The van der Waals surface area contributed by atoms with E-state index in [1.165, 1.54) is 0 Å². The Morgan fingerprint density at radius 1 is 1.07 bits per heavy atom. The highest BCUT2D eigenvalue weighted by atomic mass is 16.5. The van der Waals surface area contributed by atoms with E-state index in [2.05, 4.69) is 24.1 Å². The van der Waals surface area contributed by atoms with E-state index >= 15 is 0 Å². The van der Waals surface area contributed by atoms with Crippen molar-refractivity contribution < 1.29 is 14.3 Å². The first-order valence-corrected chi connectivity index (χ1v) is 9.58. The Morgan fingerprint density at radius 3 is 2.57 bits per heavy atom. The van der Waals surface area contributed by atoms with Crippen molar-refractivity contribution in [2.24, 2.45) is 5.92 Å². The zero-order chi connectivity index (χ0) is 20.1. The van der Waals surface area contributed by atoms with Crippen molar-refractivity contribution in [1.29, 1.82) is 0 Å². The predicted octanol–water partition coefficient (Wildman–Crippen LogP) is 4.48. The molecular formula is C23H28N2O3. The minimum Gasteiger partial charge on any atom is -0.497 e. The fourth-order valence-corrected chi connectivity index (χ4v) is 3.45. The number of hydrogen-bond acceptors (Lipinski definition) is 3. The van der Waals surface area contributed by atoms with E-state index in [-0.39, 0.29) is 11.8 Å². The molecule has 0 aliphatic heterocycles. The lowest BCUT2D eigenvalue weighted by atomic mass is 9.87. The molecule has 0 bridgehead atoms. The number of aromatic nitrogens is 1. The lowest BCUT2D eigenvalue weighted by Crippen LogP contribution is -2.28. The SMILES string of the molecule is COc1ccc2[nH]cc([C@H](CC(=O)NCC(C)C)c3ccccc3OC)c2c1. The van der Waals surface area contributed by atoms with Gasteiger partial charge in [-0.2, -0.15) is 0 Å². The molecule has 28 heavy (non-hydrogen) atoms. The van der Waals surface area contributed by atoms with E-state index in [1.54, 1.807) is 14.2 Å². The van der Waals surface area contributed by atoms with Gasteiger partial charge in [0.2, 0.25) is 5.91 Å². The number of rotatable bonds is 8. The van der Waals surface area contributed by atoms with Gasteiger partial charge in [0.25, 0.3) is 0 Å². The molecule has 0 saturated carbocycles. The fraction of sp³-hybridized carbons (Fsp3) is 0.348. The molecule has 0 aliphatic carbocycles. The number of benzene rings is 2. The van der Waals surface area contributed by atoms with Gasteiger partial charge in [0.05, 0.1) is 14.2 Å². The Bertz CT molecular complexity index is 946. The number of methoxy groups -OCH3 is 2. The Hall–Kier alpha value is -2.95. The number of carbonyl (C=O) groups excluding carboxylic acids is 1. The first-order chi connectivity index (χ1) is 13.5. The van der Waals surface area contributed by atoms with Gasteiger partial charge in [-0.05, 0) is 35.7 Å². The number of ether oxygens (including phenoxy) is 2. The van der Waals surface area contributed by atoms with Gasteiger partial charge in [0.1, 0.15) is 11.5 Å². The van der Waals surface area contributed by atoms with Gasteiger partial charge in [0.15, 0.2) is 0 Å². The summed E-state index contributed by atoms with van der Waals surface area (Å²) in [7, 11) is 3.32. The molecule has 2 N–H and O–H groups in total. The fourth-order valence-electron chi connectivity index (χ4n) is 3.45. The summed E-state index contributed by atoms with van der Waals surface area (Å²) < 4.78 is 11.0. The van der Waals surface area contributed by atoms with Crippen LogP contribution in [0, 0.1) is 5.92 Å². The van der Waals surface area contributed by atoms with E-state index < -0.39 is 0 Å². The molecule has 3 rings (SSSR count). The molecule has 5 nitrogen and oxygen atoms in total.